The van der Waals surface area contributed by atoms with E-state index in [1.54, 1.807) is 6.07 Å². The van der Waals surface area contributed by atoms with Gasteiger partial charge in [0.15, 0.2) is 0 Å². The summed E-state index contributed by atoms with van der Waals surface area (Å²) >= 11 is 0. The van der Waals surface area contributed by atoms with E-state index in [0.29, 0.717) is 11.0 Å². The van der Waals surface area contributed by atoms with Crippen molar-refractivity contribution in [2.24, 2.45) is 5.41 Å². The molecule has 0 amide bonds. The minimum absolute atomic E-state index is 0.416. The molecule has 1 fully saturated rings. The molecule has 2 rings (SSSR count). The molecular weight excluding hydrogens is 188 g/mol. The fourth-order valence-electron chi connectivity index (χ4n) is 1.96. The molecule has 1 aliphatic carbocycles. The van der Waals surface area contributed by atoms with Gasteiger partial charge in [0.25, 0.3) is 0 Å². The van der Waals surface area contributed by atoms with Crippen LogP contribution in [0.15, 0.2) is 18.2 Å². The van der Waals surface area contributed by atoms with E-state index in [1.807, 2.05) is 19.1 Å². The lowest BCUT2D eigenvalue weighted by Gasteiger charge is -2.09. The van der Waals surface area contributed by atoms with Crippen molar-refractivity contribution in [2.75, 3.05) is 0 Å². The Bertz CT molecular complexity index is 403. The van der Waals surface area contributed by atoms with E-state index in [4.69, 9.17) is 5.11 Å². The zero-order chi connectivity index (χ0) is 11.1. The van der Waals surface area contributed by atoms with Gasteiger partial charge < -0.3 is 5.11 Å². The van der Waals surface area contributed by atoms with Crippen LogP contribution in [0.25, 0.3) is 0 Å². The van der Waals surface area contributed by atoms with Crippen molar-refractivity contribution in [3.8, 4) is 0 Å². The first-order valence-corrected chi connectivity index (χ1v) is 5.33. The average Bonchev–Trinajstić information content (AvgIpc) is 2.82. The summed E-state index contributed by atoms with van der Waals surface area (Å²) in [7, 11) is 0. The van der Waals surface area contributed by atoms with Gasteiger partial charge in [-0.3, -0.25) is 0 Å². The Morgan fingerprint density at radius 2 is 2.13 bits per heavy atom. The Labute approximate surface area is 89.9 Å². The lowest BCUT2D eigenvalue weighted by Crippen LogP contribution is -2.03. The quantitative estimate of drug-likeness (QED) is 0.821. The van der Waals surface area contributed by atoms with Gasteiger partial charge in [-0.15, -0.1) is 0 Å². The largest absolute Gasteiger partial charge is 0.478 e. The molecule has 2 heteroatoms. The molecule has 0 unspecified atom stereocenters. The fourth-order valence-corrected chi connectivity index (χ4v) is 1.96. The van der Waals surface area contributed by atoms with Crippen molar-refractivity contribution in [2.45, 2.75) is 33.1 Å². The van der Waals surface area contributed by atoms with Gasteiger partial charge in [0.05, 0.1) is 5.56 Å². The lowest BCUT2D eigenvalue weighted by atomic mass is 9.96. The van der Waals surface area contributed by atoms with Crippen molar-refractivity contribution < 1.29 is 9.90 Å². The minimum atomic E-state index is -0.836. The number of aromatic carboxylic acids is 1. The number of carbonyl (C=O) groups is 1. The lowest BCUT2D eigenvalue weighted by molar-refractivity contribution is 0.0696. The highest BCUT2D eigenvalue weighted by Gasteiger charge is 2.36. The standard InChI is InChI=1S/C13H16O2/c1-9-7-10(8-13(2)5-6-13)3-4-11(9)12(14)15/h3-4,7H,5-6,8H2,1-2H3,(H,14,15). The molecule has 1 aromatic rings. The molecule has 0 heterocycles. The number of hydrogen-bond acceptors (Lipinski definition) is 1. The molecule has 1 N–H and O–H groups in total. The van der Waals surface area contributed by atoms with Gasteiger partial charge in [0.1, 0.15) is 0 Å². The van der Waals surface area contributed by atoms with Crippen LogP contribution in [0.4, 0.5) is 0 Å². The van der Waals surface area contributed by atoms with E-state index in [2.05, 4.69) is 6.92 Å². The highest BCUT2D eigenvalue weighted by Crippen LogP contribution is 2.47. The van der Waals surface area contributed by atoms with Gasteiger partial charge in [-0.05, 0) is 48.8 Å². The Balaban J connectivity index is 2.21. The predicted molar refractivity (Wildman–Crippen MR) is 59.2 cm³/mol. The van der Waals surface area contributed by atoms with Gasteiger partial charge >= 0.3 is 5.97 Å². The van der Waals surface area contributed by atoms with Crippen molar-refractivity contribution >= 4 is 5.97 Å². The normalized spacial score (nSPS) is 17.5. The van der Waals surface area contributed by atoms with Crippen LogP contribution in [0.1, 0.15) is 41.3 Å². The van der Waals surface area contributed by atoms with Crippen LogP contribution in [-0.4, -0.2) is 11.1 Å². The molecule has 0 aromatic heterocycles. The van der Waals surface area contributed by atoms with E-state index in [1.165, 1.54) is 18.4 Å². The Kier molecular flexibility index (Phi) is 2.29. The van der Waals surface area contributed by atoms with E-state index in [-0.39, 0.29) is 0 Å². The number of carboxylic acids is 1. The summed E-state index contributed by atoms with van der Waals surface area (Å²) in [6.07, 6.45) is 3.67. The minimum Gasteiger partial charge on any atom is -0.478 e. The molecule has 0 aliphatic heterocycles. The highest BCUT2D eigenvalue weighted by atomic mass is 16.4. The summed E-state index contributed by atoms with van der Waals surface area (Å²) in [5, 5.41) is 8.90. The summed E-state index contributed by atoms with van der Waals surface area (Å²) in [4.78, 5) is 10.8. The molecule has 15 heavy (non-hydrogen) atoms. The molecule has 1 saturated carbocycles. The van der Waals surface area contributed by atoms with Crippen molar-refractivity contribution in [3.63, 3.8) is 0 Å². The Hall–Kier alpha value is -1.31. The van der Waals surface area contributed by atoms with Crippen molar-refractivity contribution in [1.29, 1.82) is 0 Å². The van der Waals surface area contributed by atoms with Gasteiger partial charge in [0.2, 0.25) is 0 Å². The number of carboxylic acid groups (broad SMARTS) is 1. The van der Waals surface area contributed by atoms with Gasteiger partial charge in [-0.2, -0.15) is 0 Å². The van der Waals surface area contributed by atoms with Gasteiger partial charge in [-0.1, -0.05) is 19.1 Å². The number of benzene rings is 1. The molecule has 0 bridgehead atoms. The first kappa shape index (κ1) is 10.2. The zero-order valence-corrected chi connectivity index (χ0v) is 9.21. The van der Waals surface area contributed by atoms with Crippen LogP contribution >= 0.6 is 0 Å². The monoisotopic (exact) mass is 204 g/mol. The molecule has 2 nitrogen and oxygen atoms in total. The maximum absolute atomic E-state index is 10.8. The van der Waals surface area contributed by atoms with Gasteiger partial charge in [0, 0.05) is 0 Å². The first-order valence-electron chi connectivity index (χ1n) is 5.33. The summed E-state index contributed by atoms with van der Waals surface area (Å²) in [5.41, 5.74) is 3.03. The number of rotatable bonds is 3. The molecule has 0 saturated heterocycles. The maximum Gasteiger partial charge on any atom is 0.335 e. The fraction of sp³-hybridized carbons (Fsp3) is 0.462. The highest BCUT2D eigenvalue weighted by molar-refractivity contribution is 5.89. The third kappa shape index (κ3) is 2.20. The molecule has 0 radical (unpaired) electrons. The van der Waals surface area contributed by atoms with Crippen LogP contribution in [0.5, 0.6) is 0 Å². The van der Waals surface area contributed by atoms with Gasteiger partial charge in [-0.25, -0.2) is 4.79 Å². The maximum atomic E-state index is 10.8. The summed E-state index contributed by atoms with van der Waals surface area (Å²) in [6.45, 7) is 4.15. The third-order valence-electron chi connectivity index (χ3n) is 3.26. The summed E-state index contributed by atoms with van der Waals surface area (Å²) in [5.74, 6) is -0.836. The van der Waals surface area contributed by atoms with Crippen LogP contribution in [0, 0.1) is 12.3 Å². The molecule has 0 atom stereocenters. The van der Waals surface area contributed by atoms with Crippen LogP contribution in [-0.2, 0) is 6.42 Å². The topological polar surface area (TPSA) is 37.3 Å². The molecule has 80 valence electrons. The number of aryl methyl sites for hydroxylation is 1. The average molecular weight is 204 g/mol. The molecular formula is C13H16O2. The van der Waals surface area contributed by atoms with Crippen LogP contribution in [0.2, 0.25) is 0 Å². The Morgan fingerprint density at radius 1 is 1.47 bits per heavy atom. The van der Waals surface area contributed by atoms with E-state index >= 15 is 0 Å². The summed E-state index contributed by atoms with van der Waals surface area (Å²) in [6, 6.07) is 5.67. The van der Waals surface area contributed by atoms with E-state index in [0.717, 1.165) is 12.0 Å². The molecule has 0 spiro atoms. The number of hydrogen-bond donors (Lipinski definition) is 1. The van der Waals surface area contributed by atoms with Crippen molar-refractivity contribution in [3.05, 3.63) is 34.9 Å². The zero-order valence-electron chi connectivity index (χ0n) is 9.21. The summed E-state index contributed by atoms with van der Waals surface area (Å²) < 4.78 is 0. The van der Waals surface area contributed by atoms with E-state index in [9.17, 15) is 4.79 Å². The van der Waals surface area contributed by atoms with E-state index < -0.39 is 5.97 Å². The second-order valence-corrected chi connectivity index (χ2v) is 4.94. The second-order valence-electron chi connectivity index (χ2n) is 4.94. The third-order valence-corrected chi connectivity index (χ3v) is 3.26. The van der Waals surface area contributed by atoms with Crippen LogP contribution in [0.3, 0.4) is 0 Å². The first-order chi connectivity index (χ1) is 7.00. The molecule has 1 aromatic carbocycles. The smallest absolute Gasteiger partial charge is 0.335 e. The SMILES string of the molecule is Cc1cc(CC2(C)CC2)ccc1C(=O)O. The predicted octanol–water partition coefficient (Wildman–Crippen LogP) is 3.04. The molecule has 1 aliphatic rings. The van der Waals surface area contributed by atoms with Crippen molar-refractivity contribution in [1.82, 2.24) is 0 Å². The van der Waals surface area contributed by atoms with Crippen LogP contribution < -0.4 is 0 Å². The second kappa shape index (κ2) is 3.37. The Morgan fingerprint density at radius 3 is 2.60 bits per heavy atom.